The average Bonchev–Trinajstić information content (AvgIpc) is 3.23. The van der Waals surface area contributed by atoms with Crippen molar-refractivity contribution in [1.82, 2.24) is 20.2 Å². The highest BCUT2D eigenvalue weighted by atomic mass is 32.2. The van der Waals surface area contributed by atoms with Gasteiger partial charge in [-0.2, -0.15) is 0 Å². The van der Waals surface area contributed by atoms with Gasteiger partial charge in [-0.15, -0.1) is 5.10 Å². The fraction of sp³-hybridized carbons (Fsp3) is 0.385. The van der Waals surface area contributed by atoms with Gasteiger partial charge in [0.25, 0.3) is 0 Å². The Kier molecular flexibility index (Phi) is 4.06. The van der Waals surface area contributed by atoms with Crippen molar-refractivity contribution in [2.24, 2.45) is 0 Å². The lowest BCUT2D eigenvalue weighted by molar-refractivity contribution is -0.115. The largest absolute Gasteiger partial charge is 0.325 e. The lowest BCUT2D eigenvalue weighted by Crippen LogP contribution is -2.23. The van der Waals surface area contributed by atoms with Crippen LogP contribution in [0.5, 0.6) is 0 Å². The molecule has 1 saturated carbocycles. The highest BCUT2D eigenvalue weighted by Crippen LogP contribution is 2.37. The number of nitrogens with zero attached hydrogens (tertiary/aromatic N) is 4. The zero-order valence-electron chi connectivity index (χ0n) is 11.7. The number of carbonyl (C=O) groups excluding carboxylic acids is 1. The predicted molar refractivity (Wildman–Crippen MR) is 76.4 cm³/mol. The quantitative estimate of drug-likeness (QED) is 0.855. The summed E-state index contributed by atoms with van der Waals surface area (Å²) in [6.07, 6.45) is 2.07. The molecule has 0 spiro atoms. The molecule has 116 valence electrons. The van der Waals surface area contributed by atoms with Crippen molar-refractivity contribution < 1.29 is 13.6 Å². The number of rotatable bonds is 5. The lowest BCUT2D eigenvalue weighted by Gasteiger charge is -2.11. The first-order valence-electron chi connectivity index (χ1n) is 6.75. The summed E-state index contributed by atoms with van der Waals surface area (Å²) in [6.45, 7) is 1.70. The maximum atomic E-state index is 13.1. The molecule has 1 fully saturated rings. The van der Waals surface area contributed by atoms with E-state index in [1.54, 1.807) is 11.6 Å². The van der Waals surface area contributed by atoms with E-state index in [0.29, 0.717) is 11.2 Å². The molecule has 22 heavy (non-hydrogen) atoms. The number of benzene rings is 1. The van der Waals surface area contributed by atoms with Gasteiger partial charge < -0.3 is 5.32 Å². The van der Waals surface area contributed by atoms with E-state index in [1.165, 1.54) is 17.8 Å². The van der Waals surface area contributed by atoms with Crippen LogP contribution in [-0.2, 0) is 4.79 Å². The Labute approximate surface area is 129 Å². The molecule has 1 N–H and O–H groups in total. The summed E-state index contributed by atoms with van der Waals surface area (Å²) in [5.41, 5.74) is 0.207. The van der Waals surface area contributed by atoms with E-state index in [9.17, 15) is 13.6 Å². The van der Waals surface area contributed by atoms with Gasteiger partial charge in [0.1, 0.15) is 0 Å². The highest BCUT2D eigenvalue weighted by molar-refractivity contribution is 8.00. The first kappa shape index (κ1) is 14.9. The summed E-state index contributed by atoms with van der Waals surface area (Å²) in [5.74, 6) is -2.29. The smallest absolute Gasteiger partial charge is 0.237 e. The van der Waals surface area contributed by atoms with Crippen LogP contribution in [0.2, 0.25) is 0 Å². The minimum atomic E-state index is -1.00. The van der Waals surface area contributed by atoms with Crippen LogP contribution in [0.15, 0.2) is 23.4 Å². The number of hydrogen-bond acceptors (Lipinski definition) is 5. The van der Waals surface area contributed by atoms with Crippen LogP contribution in [0.3, 0.4) is 0 Å². The fourth-order valence-electron chi connectivity index (χ4n) is 1.84. The highest BCUT2D eigenvalue weighted by Gasteiger charge is 2.29. The summed E-state index contributed by atoms with van der Waals surface area (Å²) in [7, 11) is 0. The van der Waals surface area contributed by atoms with E-state index in [4.69, 9.17) is 0 Å². The molecule has 1 atom stereocenters. The van der Waals surface area contributed by atoms with Crippen molar-refractivity contribution in [2.75, 3.05) is 5.32 Å². The number of nitrogens with one attached hydrogen (secondary N) is 1. The van der Waals surface area contributed by atoms with Crippen molar-refractivity contribution >= 4 is 23.4 Å². The summed E-state index contributed by atoms with van der Waals surface area (Å²) in [4.78, 5) is 12.1. The molecule has 2 aromatic rings. The van der Waals surface area contributed by atoms with Gasteiger partial charge in [0.05, 0.1) is 11.3 Å². The SMILES string of the molecule is CC(Sc1nnnn1C1CC1)C(=O)Nc1ccc(F)c(F)c1. The Hall–Kier alpha value is -2.03. The van der Waals surface area contributed by atoms with Crippen molar-refractivity contribution in [3.05, 3.63) is 29.8 Å². The zero-order valence-corrected chi connectivity index (χ0v) is 12.5. The molecule has 0 aliphatic heterocycles. The number of hydrogen-bond donors (Lipinski definition) is 1. The third kappa shape index (κ3) is 3.24. The van der Waals surface area contributed by atoms with Gasteiger partial charge in [0.15, 0.2) is 11.6 Å². The third-order valence-corrected chi connectivity index (χ3v) is 4.24. The molecular weight excluding hydrogens is 312 g/mol. The van der Waals surface area contributed by atoms with Crippen LogP contribution in [0.4, 0.5) is 14.5 Å². The van der Waals surface area contributed by atoms with Crippen LogP contribution in [0.25, 0.3) is 0 Å². The second kappa shape index (κ2) is 5.99. The second-order valence-corrected chi connectivity index (χ2v) is 6.32. The number of aromatic nitrogens is 4. The molecule has 0 saturated heterocycles. The van der Waals surface area contributed by atoms with Gasteiger partial charge >= 0.3 is 0 Å². The molecule has 0 radical (unpaired) electrons. The summed E-state index contributed by atoms with van der Waals surface area (Å²) in [5, 5.41) is 14.1. The minimum Gasteiger partial charge on any atom is -0.325 e. The molecule has 1 aromatic heterocycles. The van der Waals surface area contributed by atoms with Crippen LogP contribution >= 0.6 is 11.8 Å². The molecular formula is C13H13F2N5OS. The Morgan fingerprint density at radius 1 is 1.41 bits per heavy atom. The number of amides is 1. The van der Waals surface area contributed by atoms with Gasteiger partial charge in [0.2, 0.25) is 11.1 Å². The van der Waals surface area contributed by atoms with Crippen molar-refractivity contribution in [2.45, 2.75) is 36.2 Å². The number of halogens is 2. The lowest BCUT2D eigenvalue weighted by atomic mass is 10.3. The third-order valence-electron chi connectivity index (χ3n) is 3.19. The average molecular weight is 325 g/mol. The molecule has 1 aromatic carbocycles. The van der Waals surface area contributed by atoms with E-state index in [1.807, 2.05) is 0 Å². The van der Waals surface area contributed by atoms with E-state index >= 15 is 0 Å². The number of thioether (sulfide) groups is 1. The number of anilines is 1. The molecule has 9 heteroatoms. The topological polar surface area (TPSA) is 72.7 Å². The molecule has 3 rings (SSSR count). The minimum absolute atomic E-state index is 0.207. The van der Waals surface area contributed by atoms with Crippen molar-refractivity contribution in [3.63, 3.8) is 0 Å². The molecule has 1 heterocycles. The monoisotopic (exact) mass is 325 g/mol. The van der Waals surface area contributed by atoms with Crippen molar-refractivity contribution in [3.8, 4) is 0 Å². The predicted octanol–water partition coefficient (Wildman–Crippen LogP) is 2.41. The van der Waals surface area contributed by atoms with Crippen molar-refractivity contribution in [1.29, 1.82) is 0 Å². The first-order chi connectivity index (χ1) is 10.5. The molecule has 1 unspecified atom stereocenters. The molecule has 1 aliphatic carbocycles. The van der Waals surface area contributed by atoms with Crippen LogP contribution in [0.1, 0.15) is 25.8 Å². The van der Waals surface area contributed by atoms with Gasteiger partial charge in [-0.25, -0.2) is 13.5 Å². The van der Waals surface area contributed by atoms with Crippen LogP contribution < -0.4 is 5.32 Å². The zero-order chi connectivity index (χ0) is 15.7. The Balaban J connectivity index is 1.63. The standard InChI is InChI=1S/C13H13F2N5OS/c1-7(22-13-17-18-19-20(13)9-3-4-9)12(21)16-8-2-5-10(14)11(15)6-8/h2,5-7,9H,3-4H2,1H3,(H,16,21). The number of carbonyl (C=O) groups is 1. The normalized spacial score (nSPS) is 15.6. The van der Waals surface area contributed by atoms with E-state index in [-0.39, 0.29) is 11.6 Å². The van der Waals surface area contributed by atoms with Gasteiger partial charge in [-0.3, -0.25) is 4.79 Å². The van der Waals surface area contributed by atoms with Crippen LogP contribution in [-0.4, -0.2) is 31.4 Å². The van der Waals surface area contributed by atoms with Gasteiger partial charge in [-0.1, -0.05) is 11.8 Å². The molecule has 0 bridgehead atoms. The summed E-state index contributed by atoms with van der Waals surface area (Å²) >= 11 is 1.23. The Bertz CT molecular complexity index is 703. The maximum absolute atomic E-state index is 13.1. The maximum Gasteiger partial charge on any atom is 0.237 e. The molecule has 1 amide bonds. The summed E-state index contributed by atoms with van der Waals surface area (Å²) in [6, 6.07) is 3.54. The fourth-order valence-corrected chi connectivity index (χ4v) is 2.70. The second-order valence-electron chi connectivity index (χ2n) is 5.02. The molecule has 6 nitrogen and oxygen atoms in total. The first-order valence-corrected chi connectivity index (χ1v) is 7.63. The Morgan fingerprint density at radius 2 is 2.18 bits per heavy atom. The Morgan fingerprint density at radius 3 is 2.86 bits per heavy atom. The molecule has 1 aliphatic rings. The van der Waals surface area contributed by atoms with Gasteiger partial charge in [0, 0.05) is 11.8 Å². The van der Waals surface area contributed by atoms with E-state index in [2.05, 4.69) is 20.8 Å². The van der Waals surface area contributed by atoms with Gasteiger partial charge in [-0.05, 0) is 42.3 Å². The summed E-state index contributed by atoms with van der Waals surface area (Å²) < 4.78 is 27.7. The van der Waals surface area contributed by atoms with E-state index in [0.717, 1.165) is 25.0 Å². The van der Waals surface area contributed by atoms with E-state index < -0.39 is 16.9 Å². The number of tetrazole rings is 1. The van der Waals surface area contributed by atoms with Crippen LogP contribution in [0, 0.1) is 11.6 Å².